The maximum Gasteiger partial charge on any atom is 0.306 e. The summed E-state index contributed by atoms with van der Waals surface area (Å²) in [5.74, 6) is -0.119. The molecule has 3 nitrogen and oxygen atoms in total. The van der Waals surface area contributed by atoms with Crippen LogP contribution in [0, 0.1) is 0 Å². The lowest BCUT2D eigenvalue weighted by atomic mass is 10.1. The van der Waals surface area contributed by atoms with Crippen molar-refractivity contribution in [3.63, 3.8) is 0 Å². The molecule has 1 aromatic heterocycles. The summed E-state index contributed by atoms with van der Waals surface area (Å²) in [5.41, 5.74) is 0.797. The third-order valence-electron chi connectivity index (χ3n) is 4.44. The van der Waals surface area contributed by atoms with Crippen LogP contribution >= 0.6 is 0 Å². The Morgan fingerprint density at radius 2 is 1.63 bits per heavy atom. The number of allylic oxidation sites excluding steroid dienone is 4. The molecule has 0 aliphatic heterocycles. The highest BCUT2D eigenvalue weighted by atomic mass is 16.5. The quantitative estimate of drug-likeness (QED) is 0.179. The van der Waals surface area contributed by atoms with E-state index in [1.807, 2.05) is 18.2 Å². The molecule has 27 heavy (non-hydrogen) atoms. The zero-order chi connectivity index (χ0) is 19.4. The molecule has 0 aromatic carbocycles. The van der Waals surface area contributed by atoms with Crippen molar-refractivity contribution in [2.24, 2.45) is 0 Å². The summed E-state index contributed by atoms with van der Waals surface area (Å²) >= 11 is 0. The Morgan fingerprint density at radius 3 is 2.33 bits per heavy atom. The molecule has 0 atom stereocenters. The van der Waals surface area contributed by atoms with Gasteiger partial charge in [-0.2, -0.15) is 0 Å². The van der Waals surface area contributed by atoms with E-state index in [9.17, 15) is 4.79 Å². The van der Waals surface area contributed by atoms with E-state index in [0.29, 0.717) is 6.42 Å². The van der Waals surface area contributed by atoms with Crippen LogP contribution in [-0.2, 0) is 16.1 Å². The predicted molar refractivity (Wildman–Crippen MR) is 113 cm³/mol. The van der Waals surface area contributed by atoms with Gasteiger partial charge in [-0.05, 0) is 50.7 Å². The average molecular weight is 372 g/mol. The lowest BCUT2D eigenvalue weighted by molar-refractivity contribution is -0.145. The van der Waals surface area contributed by atoms with Crippen molar-refractivity contribution >= 4 is 5.97 Å². The third-order valence-corrected chi connectivity index (χ3v) is 4.44. The van der Waals surface area contributed by atoms with Crippen molar-refractivity contribution in [1.29, 1.82) is 0 Å². The van der Waals surface area contributed by atoms with Gasteiger partial charge in [-0.1, -0.05) is 69.4 Å². The Labute approximate surface area is 165 Å². The van der Waals surface area contributed by atoms with Crippen LogP contribution in [0.15, 0.2) is 48.7 Å². The van der Waals surface area contributed by atoms with Crippen LogP contribution in [0.3, 0.4) is 0 Å². The van der Waals surface area contributed by atoms with Gasteiger partial charge < -0.3 is 4.74 Å². The molecule has 0 N–H and O–H groups in total. The first kappa shape index (κ1) is 23.1. The Morgan fingerprint density at radius 1 is 0.926 bits per heavy atom. The molecule has 0 aliphatic rings. The van der Waals surface area contributed by atoms with Crippen LogP contribution in [0.1, 0.15) is 89.7 Å². The number of hydrogen-bond donors (Lipinski definition) is 0. The Kier molecular flexibility index (Phi) is 15.0. The fraction of sp³-hybridized carbons (Fsp3) is 0.583. The van der Waals surface area contributed by atoms with E-state index in [-0.39, 0.29) is 12.6 Å². The van der Waals surface area contributed by atoms with Crippen LogP contribution in [0.2, 0.25) is 0 Å². The number of esters is 1. The number of pyridine rings is 1. The van der Waals surface area contributed by atoms with Crippen molar-refractivity contribution in [2.75, 3.05) is 0 Å². The molecule has 1 aromatic rings. The number of hydrogen-bond acceptors (Lipinski definition) is 3. The lowest BCUT2D eigenvalue weighted by Crippen LogP contribution is -2.05. The van der Waals surface area contributed by atoms with Gasteiger partial charge in [0.05, 0.1) is 5.69 Å². The number of carbonyl (C=O) groups is 1. The molecule has 1 heterocycles. The highest BCUT2D eigenvalue weighted by Gasteiger charge is 2.03. The summed E-state index contributed by atoms with van der Waals surface area (Å²) in [4.78, 5) is 15.8. The maximum absolute atomic E-state index is 11.7. The molecular formula is C24H37NO2. The van der Waals surface area contributed by atoms with Gasteiger partial charge in [-0.15, -0.1) is 0 Å². The van der Waals surface area contributed by atoms with E-state index < -0.39 is 0 Å². The van der Waals surface area contributed by atoms with E-state index in [1.54, 1.807) is 6.20 Å². The monoisotopic (exact) mass is 371 g/mol. The minimum atomic E-state index is -0.119. The number of nitrogens with zero attached hydrogens (tertiary/aromatic N) is 1. The molecule has 0 spiro atoms. The van der Waals surface area contributed by atoms with Gasteiger partial charge in [0, 0.05) is 12.6 Å². The first-order valence-corrected chi connectivity index (χ1v) is 10.7. The number of aromatic nitrogens is 1. The number of ether oxygens (including phenoxy) is 1. The average Bonchev–Trinajstić information content (AvgIpc) is 2.70. The Hall–Kier alpha value is -1.90. The highest BCUT2D eigenvalue weighted by molar-refractivity contribution is 5.69. The zero-order valence-corrected chi connectivity index (χ0v) is 17.1. The van der Waals surface area contributed by atoms with E-state index >= 15 is 0 Å². The van der Waals surface area contributed by atoms with Crippen molar-refractivity contribution in [2.45, 2.75) is 90.6 Å². The smallest absolute Gasteiger partial charge is 0.306 e. The summed E-state index contributed by atoms with van der Waals surface area (Å²) in [6.45, 7) is 2.52. The summed E-state index contributed by atoms with van der Waals surface area (Å²) < 4.78 is 5.23. The molecule has 0 fully saturated rings. The minimum absolute atomic E-state index is 0.119. The summed E-state index contributed by atoms with van der Waals surface area (Å²) in [5, 5.41) is 0. The fourth-order valence-corrected chi connectivity index (χ4v) is 2.79. The molecule has 0 aliphatic carbocycles. The zero-order valence-electron chi connectivity index (χ0n) is 17.1. The second-order valence-corrected chi connectivity index (χ2v) is 6.96. The fourth-order valence-electron chi connectivity index (χ4n) is 2.79. The number of carbonyl (C=O) groups excluding carboxylic acids is 1. The van der Waals surface area contributed by atoms with Gasteiger partial charge in [-0.25, -0.2) is 0 Å². The molecule has 1 rings (SSSR count). The molecule has 0 radical (unpaired) electrons. The number of unbranched alkanes of at least 4 members (excludes halogenated alkanes) is 8. The van der Waals surface area contributed by atoms with Crippen LogP contribution < -0.4 is 0 Å². The van der Waals surface area contributed by atoms with Gasteiger partial charge in [0.1, 0.15) is 6.61 Å². The van der Waals surface area contributed by atoms with Crippen molar-refractivity contribution in [1.82, 2.24) is 4.98 Å². The summed E-state index contributed by atoms with van der Waals surface area (Å²) in [6, 6.07) is 5.62. The SMILES string of the molecule is CCCCCC=CCC=CCCCCCCCC(=O)OCc1ccccn1. The van der Waals surface area contributed by atoms with Gasteiger partial charge >= 0.3 is 5.97 Å². The summed E-state index contributed by atoms with van der Waals surface area (Å²) in [6.07, 6.45) is 24.5. The molecule has 3 heteroatoms. The molecule has 150 valence electrons. The lowest BCUT2D eigenvalue weighted by Gasteiger charge is -2.04. The van der Waals surface area contributed by atoms with Crippen molar-refractivity contribution in [3.8, 4) is 0 Å². The Balaban J connectivity index is 1.85. The molecular weight excluding hydrogens is 334 g/mol. The van der Waals surface area contributed by atoms with E-state index in [4.69, 9.17) is 4.74 Å². The second kappa shape index (κ2) is 17.5. The third kappa shape index (κ3) is 14.9. The van der Waals surface area contributed by atoms with Crippen LogP contribution in [-0.4, -0.2) is 11.0 Å². The van der Waals surface area contributed by atoms with Crippen molar-refractivity contribution < 1.29 is 9.53 Å². The second-order valence-electron chi connectivity index (χ2n) is 6.96. The molecule has 0 amide bonds. The number of rotatable bonds is 16. The molecule has 0 saturated carbocycles. The highest BCUT2D eigenvalue weighted by Crippen LogP contribution is 2.09. The summed E-state index contributed by atoms with van der Waals surface area (Å²) in [7, 11) is 0. The maximum atomic E-state index is 11.7. The molecule has 0 bridgehead atoms. The standard InChI is InChI=1S/C24H37NO2/c1-2-3-4-5-6-7-8-9-10-11-12-13-14-15-16-20-24(26)27-22-23-19-17-18-21-25-23/h6-7,9-10,17-19,21H,2-5,8,11-16,20,22H2,1H3. The first-order valence-electron chi connectivity index (χ1n) is 10.7. The van der Waals surface area contributed by atoms with Gasteiger partial charge in [0.2, 0.25) is 0 Å². The van der Waals surface area contributed by atoms with Crippen LogP contribution in [0.25, 0.3) is 0 Å². The molecule has 0 unspecified atom stereocenters. The predicted octanol–water partition coefficient (Wildman–Crippen LogP) is 6.94. The van der Waals surface area contributed by atoms with Crippen molar-refractivity contribution in [3.05, 3.63) is 54.4 Å². The minimum Gasteiger partial charge on any atom is -0.459 e. The first-order chi connectivity index (χ1) is 13.3. The van der Waals surface area contributed by atoms with Gasteiger partial charge in [0.15, 0.2) is 0 Å². The largest absolute Gasteiger partial charge is 0.459 e. The van der Waals surface area contributed by atoms with Gasteiger partial charge in [-0.3, -0.25) is 9.78 Å². The topological polar surface area (TPSA) is 39.2 Å². The van der Waals surface area contributed by atoms with Gasteiger partial charge in [0.25, 0.3) is 0 Å². The van der Waals surface area contributed by atoms with E-state index in [0.717, 1.165) is 31.4 Å². The Bertz CT molecular complexity index is 522. The van der Waals surface area contributed by atoms with Crippen LogP contribution in [0.4, 0.5) is 0 Å². The molecule has 0 saturated heterocycles. The van der Waals surface area contributed by atoms with E-state index in [1.165, 1.54) is 44.9 Å². The van der Waals surface area contributed by atoms with E-state index in [2.05, 4.69) is 36.2 Å². The van der Waals surface area contributed by atoms with Crippen LogP contribution in [0.5, 0.6) is 0 Å². The normalized spacial score (nSPS) is 11.4.